The Morgan fingerprint density at radius 2 is 2.00 bits per heavy atom. The van der Waals surface area contributed by atoms with Gasteiger partial charge in [0.05, 0.1) is 7.11 Å². The van der Waals surface area contributed by atoms with Crippen molar-refractivity contribution in [3.05, 3.63) is 23.8 Å². The zero-order valence-corrected chi connectivity index (χ0v) is 9.36. The number of para-hydroxylation sites is 1. The Bertz CT molecular complexity index is 415. The van der Waals surface area contributed by atoms with Gasteiger partial charge in [0.25, 0.3) is 0 Å². The van der Waals surface area contributed by atoms with Gasteiger partial charge in [-0.1, -0.05) is 23.7 Å². The number of hydrogen-bond donors (Lipinski definition) is 0. The van der Waals surface area contributed by atoms with Crippen molar-refractivity contribution < 1.29 is 17.9 Å². The van der Waals surface area contributed by atoms with E-state index in [0.29, 0.717) is 5.56 Å². The molecule has 0 aliphatic heterocycles. The summed E-state index contributed by atoms with van der Waals surface area (Å²) in [7, 11) is 1.36. The molecule has 0 N–H and O–H groups in total. The highest BCUT2D eigenvalue weighted by Gasteiger charge is 2.34. The molecule has 0 heterocycles. The number of methoxy groups -OCH3 is 1. The molecule has 1 aromatic rings. The summed E-state index contributed by atoms with van der Waals surface area (Å²) in [5.41, 5.74) is 0.647. The topological polar surface area (TPSA) is 21.6 Å². The van der Waals surface area contributed by atoms with Crippen molar-refractivity contribution in [2.24, 2.45) is 4.99 Å². The molecule has 2 nitrogen and oxygen atoms in total. The van der Waals surface area contributed by atoms with Crippen molar-refractivity contribution in [2.75, 3.05) is 7.11 Å². The second-order valence-electron chi connectivity index (χ2n) is 3.03. The van der Waals surface area contributed by atoms with Crippen LogP contribution in [-0.4, -0.2) is 18.5 Å². The van der Waals surface area contributed by atoms with Gasteiger partial charge in [-0.2, -0.15) is 13.2 Å². The van der Waals surface area contributed by atoms with E-state index in [2.05, 4.69) is 4.99 Å². The molecule has 0 bridgehead atoms. The number of benzene rings is 1. The Hall–Kier alpha value is -1.23. The van der Waals surface area contributed by atoms with Crippen LogP contribution in [0.4, 0.5) is 18.9 Å². The Morgan fingerprint density at radius 1 is 1.38 bits per heavy atom. The van der Waals surface area contributed by atoms with Gasteiger partial charge in [0.2, 0.25) is 5.17 Å². The molecular weight excluding hydrogens is 243 g/mol. The summed E-state index contributed by atoms with van der Waals surface area (Å²) in [5.74, 6) is 0.252. The van der Waals surface area contributed by atoms with Gasteiger partial charge in [0.1, 0.15) is 11.4 Å². The van der Waals surface area contributed by atoms with Crippen LogP contribution in [0.5, 0.6) is 5.75 Å². The molecule has 0 fully saturated rings. The molecule has 0 aliphatic carbocycles. The lowest BCUT2D eigenvalue weighted by Gasteiger charge is -2.09. The Balaban J connectivity index is 3.24. The number of halogens is 4. The predicted octanol–water partition coefficient (Wildman–Crippen LogP) is 3.83. The molecule has 1 aromatic carbocycles. The first-order valence-corrected chi connectivity index (χ1v) is 4.69. The Morgan fingerprint density at radius 3 is 2.50 bits per heavy atom. The summed E-state index contributed by atoms with van der Waals surface area (Å²) in [6, 6.07) is 4.81. The summed E-state index contributed by atoms with van der Waals surface area (Å²) in [6.07, 6.45) is -4.64. The van der Waals surface area contributed by atoms with Gasteiger partial charge in [0.15, 0.2) is 0 Å². The van der Waals surface area contributed by atoms with Crippen molar-refractivity contribution >= 4 is 22.5 Å². The van der Waals surface area contributed by atoms with Crippen LogP contribution in [0.2, 0.25) is 0 Å². The lowest BCUT2D eigenvalue weighted by molar-refractivity contribution is -0.0558. The van der Waals surface area contributed by atoms with Gasteiger partial charge in [0, 0.05) is 0 Å². The van der Waals surface area contributed by atoms with E-state index in [9.17, 15) is 13.2 Å². The molecule has 0 atom stereocenters. The van der Waals surface area contributed by atoms with Gasteiger partial charge in [-0.25, -0.2) is 4.99 Å². The van der Waals surface area contributed by atoms with Gasteiger partial charge in [-0.3, -0.25) is 0 Å². The van der Waals surface area contributed by atoms with Crippen LogP contribution in [0.15, 0.2) is 23.2 Å². The molecule has 88 valence electrons. The first-order valence-electron chi connectivity index (χ1n) is 4.31. The molecule has 1 rings (SSSR count). The van der Waals surface area contributed by atoms with E-state index in [0.717, 1.165) is 0 Å². The van der Waals surface area contributed by atoms with Crippen molar-refractivity contribution in [3.8, 4) is 5.75 Å². The third-order valence-electron chi connectivity index (χ3n) is 1.86. The highest BCUT2D eigenvalue weighted by molar-refractivity contribution is 6.67. The smallest absolute Gasteiger partial charge is 0.444 e. The minimum absolute atomic E-state index is 0.0901. The van der Waals surface area contributed by atoms with Crippen LogP contribution in [-0.2, 0) is 0 Å². The van der Waals surface area contributed by atoms with Gasteiger partial charge < -0.3 is 4.74 Å². The molecule has 0 spiro atoms. The zero-order valence-electron chi connectivity index (χ0n) is 8.60. The fourth-order valence-electron chi connectivity index (χ4n) is 1.10. The van der Waals surface area contributed by atoms with Crippen LogP contribution in [0.3, 0.4) is 0 Å². The zero-order chi connectivity index (χ0) is 12.3. The van der Waals surface area contributed by atoms with Crippen LogP contribution in [0, 0.1) is 6.92 Å². The Labute approximate surface area is 95.7 Å². The average Bonchev–Trinajstić information content (AvgIpc) is 2.19. The monoisotopic (exact) mass is 251 g/mol. The Kier molecular flexibility index (Phi) is 3.80. The van der Waals surface area contributed by atoms with Crippen molar-refractivity contribution in [2.45, 2.75) is 13.1 Å². The van der Waals surface area contributed by atoms with E-state index < -0.39 is 11.3 Å². The van der Waals surface area contributed by atoms with Crippen LogP contribution in [0.25, 0.3) is 0 Å². The maximum atomic E-state index is 12.2. The molecule has 0 saturated heterocycles. The third-order valence-corrected chi connectivity index (χ3v) is 2.16. The third kappa shape index (κ3) is 2.88. The van der Waals surface area contributed by atoms with Crippen LogP contribution < -0.4 is 4.74 Å². The minimum atomic E-state index is -4.64. The van der Waals surface area contributed by atoms with E-state index in [1.807, 2.05) is 0 Å². The van der Waals surface area contributed by atoms with Crippen LogP contribution >= 0.6 is 11.6 Å². The predicted molar refractivity (Wildman–Crippen MR) is 56.7 cm³/mol. The molecule has 0 aromatic heterocycles. The fourth-order valence-corrected chi connectivity index (χ4v) is 1.19. The molecular formula is C10H9ClF3NO. The molecule has 0 radical (unpaired) electrons. The summed E-state index contributed by atoms with van der Waals surface area (Å²) < 4.78 is 41.5. The van der Waals surface area contributed by atoms with Gasteiger partial charge >= 0.3 is 6.18 Å². The first-order chi connectivity index (χ1) is 7.36. The highest BCUT2D eigenvalue weighted by atomic mass is 35.5. The number of hydrogen-bond acceptors (Lipinski definition) is 2. The van der Waals surface area contributed by atoms with E-state index in [1.165, 1.54) is 13.2 Å². The second kappa shape index (κ2) is 4.74. The number of ether oxygens (including phenoxy) is 1. The number of alkyl halides is 3. The van der Waals surface area contributed by atoms with E-state index >= 15 is 0 Å². The average molecular weight is 252 g/mol. The lowest BCUT2D eigenvalue weighted by atomic mass is 10.2. The molecule has 0 unspecified atom stereocenters. The fraction of sp³-hybridized carbons (Fsp3) is 0.300. The second-order valence-corrected chi connectivity index (χ2v) is 3.38. The first kappa shape index (κ1) is 12.8. The molecule has 6 heteroatoms. The maximum Gasteiger partial charge on any atom is 0.444 e. The highest BCUT2D eigenvalue weighted by Crippen LogP contribution is 2.33. The van der Waals surface area contributed by atoms with Crippen molar-refractivity contribution in [1.82, 2.24) is 0 Å². The summed E-state index contributed by atoms with van der Waals surface area (Å²) in [5, 5.41) is -1.42. The summed E-state index contributed by atoms with van der Waals surface area (Å²) in [6.45, 7) is 1.63. The molecule has 16 heavy (non-hydrogen) atoms. The van der Waals surface area contributed by atoms with Crippen LogP contribution in [0.1, 0.15) is 5.56 Å². The number of aliphatic imine (C=N–C) groups is 1. The number of aryl methyl sites for hydroxylation is 1. The lowest BCUT2D eigenvalue weighted by Crippen LogP contribution is -2.16. The summed E-state index contributed by atoms with van der Waals surface area (Å²) >= 11 is 5.06. The standard InChI is InChI=1S/C10H9ClF3NO/c1-6-4-3-5-7(16-2)8(6)15-9(11)10(12,13)14/h3-5H,1-2H3. The minimum Gasteiger partial charge on any atom is -0.494 e. The molecule has 0 aliphatic rings. The largest absolute Gasteiger partial charge is 0.494 e. The maximum absolute atomic E-state index is 12.2. The summed E-state index contributed by atoms with van der Waals surface area (Å²) in [4.78, 5) is 3.33. The van der Waals surface area contributed by atoms with E-state index in [4.69, 9.17) is 16.3 Å². The van der Waals surface area contributed by atoms with Gasteiger partial charge in [-0.05, 0) is 18.6 Å². The van der Waals surface area contributed by atoms with Crippen molar-refractivity contribution in [1.29, 1.82) is 0 Å². The molecule has 0 amide bonds. The molecule has 0 saturated carbocycles. The normalized spacial score (nSPS) is 12.8. The van der Waals surface area contributed by atoms with E-state index in [-0.39, 0.29) is 11.4 Å². The number of rotatable bonds is 2. The van der Waals surface area contributed by atoms with Crippen molar-refractivity contribution in [3.63, 3.8) is 0 Å². The SMILES string of the molecule is COc1cccc(C)c1N=C(Cl)C(F)(F)F. The quantitative estimate of drug-likeness (QED) is 0.732. The van der Waals surface area contributed by atoms with Gasteiger partial charge in [-0.15, -0.1) is 0 Å². The number of nitrogens with zero attached hydrogens (tertiary/aromatic N) is 1. The van der Waals surface area contributed by atoms with E-state index in [1.54, 1.807) is 19.1 Å².